The number of phenolic OH excluding ortho intramolecular Hbond substituents is 1. The van der Waals surface area contributed by atoms with Gasteiger partial charge in [0.25, 0.3) is 5.91 Å². The van der Waals surface area contributed by atoms with Crippen LogP contribution in [0.1, 0.15) is 53.6 Å². The first-order chi connectivity index (χ1) is 12.2. The van der Waals surface area contributed by atoms with E-state index >= 15 is 0 Å². The van der Waals surface area contributed by atoms with Gasteiger partial charge in [-0.05, 0) is 68.2 Å². The molecule has 0 radical (unpaired) electrons. The molecule has 0 unspecified atom stereocenters. The molecule has 1 amide bonds. The number of nitrogens with one attached hydrogen (secondary N) is 2. The Hall–Kier alpha value is -2.57. The Kier molecular flexibility index (Phi) is 4.29. The Labute approximate surface area is 146 Å². The standard InChI is InChI=1S/C18H23N5O2/c24-15-11-13-7-3-2-6-12(13)10-14(15)16(25)19-17-20-18(22-21-17)23-8-4-1-5-9-23/h10-11,24H,1-9H2,(H2,19,20,21,22,25). The Morgan fingerprint density at radius 3 is 2.56 bits per heavy atom. The molecule has 0 bridgehead atoms. The molecular weight excluding hydrogens is 318 g/mol. The third kappa shape index (κ3) is 3.31. The molecule has 7 nitrogen and oxygen atoms in total. The zero-order chi connectivity index (χ0) is 17.2. The molecule has 2 heterocycles. The van der Waals surface area contributed by atoms with Gasteiger partial charge >= 0.3 is 0 Å². The second-order valence-corrected chi connectivity index (χ2v) is 6.83. The third-order valence-electron chi connectivity index (χ3n) is 5.05. The van der Waals surface area contributed by atoms with E-state index in [0.717, 1.165) is 62.7 Å². The molecule has 1 saturated heterocycles. The van der Waals surface area contributed by atoms with Crippen molar-refractivity contribution in [2.75, 3.05) is 23.3 Å². The summed E-state index contributed by atoms with van der Waals surface area (Å²) in [6, 6.07) is 3.53. The molecule has 132 valence electrons. The Balaban J connectivity index is 1.49. The number of piperidine rings is 1. The second kappa shape index (κ2) is 6.74. The van der Waals surface area contributed by atoms with Gasteiger partial charge in [-0.3, -0.25) is 10.1 Å². The molecule has 4 rings (SSSR count). The predicted molar refractivity (Wildman–Crippen MR) is 95.1 cm³/mol. The quantitative estimate of drug-likeness (QED) is 0.798. The Morgan fingerprint density at radius 2 is 1.80 bits per heavy atom. The fraction of sp³-hybridized carbons (Fsp3) is 0.500. The second-order valence-electron chi connectivity index (χ2n) is 6.83. The average Bonchev–Trinajstić information content (AvgIpc) is 3.10. The summed E-state index contributed by atoms with van der Waals surface area (Å²) in [4.78, 5) is 19.0. The Bertz CT molecular complexity index is 780. The molecule has 3 N–H and O–H groups in total. The molecular formula is C18H23N5O2. The van der Waals surface area contributed by atoms with Gasteiger partial charge in [-0.25, -0.2) is 5.10 Å². The summed E-state index contributed by atoms with van der Waals surface area (Å²) >= 11 is 0. The van der Waals surface area contributed by atoms with Gasteiger partial charge in [0.2, 0.25) is 11.9 Å². The SMILES string of the molecule is O=C(Nc1nc(N2CCCCC2)n[nH]1)c1cc2c(cc1O)CCCC2. The van der Waals surface area contributed by atoms with E-state index < -0.39 is 0 Å². The lowest BCUT2D eigenvalue weighted by atomic mass is 9.90. The van der Waals surface area contributed by atoms with Crippen LogP contribution in [0.4, 0.5) is 11.9 Å². The van der Waals surface area contributed by atoms with Gasteiger partial charge in [0, 0.05) is 13.1 Å². The number of aromatic nitrogens is 3. The molecule has 0 saturated carbocycles. The van der Waals surface area contributed by atoms with E-state index in [-0.39, 0.29) is 17.2 Å². The molecule has 1 aliphatic heterocycles. The zero-order valence-corrected chi connectivity index (χ0v) is 14.2. The number of aromatic amines is 1. The largest absolute Gasteiger partial charge is 0.507 e. The van der Waals surface area contributed by atoms with Gasteiger partial charge in [-0.2, -0.15) is 4.98 Å². The van der Waals surface area contributed by atoms with Crippen molar-refractivity contribution in [3.05, 3.63) is 28.8 Å². The molecule has 2 aliphatic rings. The minimum absolute atomic E-state index is 0.0221. The number of anilines is 2. The van der Waals surface area contributed by atoms with Crippen LogP contribution in [0.5, 0.6) is 5.75 Å². The fourth-order valence-corrected chi connectivity index (χ4v) is 3.67. The summed E-state index contributed by atoms with van der Waals surface area (Å²) in [6.45, 7) is 1.88. The van der Waals surface area contributed by atoms with Gasteiger partial charge in [0.15, 0.2) is 0 Å². The van der Waals surface area contributed by atoms with Gasteiger partial charge in [-0.15, -0.1) is 5.10 Å². The zero-order valence-electron chi connectivity index (χ0n) is 14.2. The number of hydrogen-bond acceptors (Lipinski definition) is 5. The highest BCUT2D eigenvalue weighted by Gasteiger charge is 2.20. The molecule has 0 spiro atoms. The smallest absolute Gasteiger partial charge is 0.261 e. The first-order valence-electron chi connectivity index (χ1n) is 9.04. The first kappa shape index (κ1) is 15.9. The van der Waals surface area contributed by atoms with Gasteiger partial charge < -0.3 is 10.0 Å². The van der Waals surface area contributed by atoms with Crippen molar-refractivity contribution in [3.8, 4) is 5.75 Å². The number of fused-ring (bicyclic) bond motifs is 1. The highest BCUT2D eigenvalue weighted by molar-refractivity contribution is 6.05. The predicted octanol–water partition coefficient (Wildman–Crippen LogP) is 2.63. The maximum Gasteiger partial charge on any atom is 0.261 e. The van der Waals surface area contributed by atoms with Crippen LogP contribution in [0.15, 0.2) is 12.1 Å². The van der Waals surface area contributed by atoms with E-state index in [1.54, 1.807) is 12.1 Å². The molecule has 1 aliphatic carbocycles. The van der Waals surface area contributed by atoms with Crippen LogP contribution < -0.4 is 10.2 Å². The summed E-state index contributed by atoms with van der Waals surface area (Å²) in [5.41, 5.74) is 2.59. The number of phenols is 1. The minimum Gasteiger partial charge on any atom is -0.507 e. The number of carbonyl (C=O) groups is 1. The van der Waals surface area contributed by atoms with Gasteiger partial charge in [-0.1, -0.05) is 0 Å². The lowest BCUT2D eigenvalue weighted by Gasteiger charge is -2.24. The highest BCUT2D eigenvalue weighted by atomic mass is 16.3. The van der Waals surface area contributed by atoms with Crippen LogP contribution in [-0.2, 0) is 12.8 Å². The molecule has 1 fully saturated rings. The number of aryl methyl sites for hydroxylation is 2. The highest BCUT2D eigenvalue weighted by Crippen LogP contribution is 2.29. The van der Waals surface area contributed by atoms with Crippen molar-refractivity contribution in [2.45, 2.75) is 44.9 Å². The molecule has 1 aromatic carbocycles. The van der Waals surface area contributed by atoms with Crippen molar-refractivity contribution >= 4 is 17.8 Å². The number of benzene rings is 1. The van der Waals surface area contributed by atoms with Crippen LogP contribution in [0.2, 0.25) is 0 Å². The normalized spacial score (nSPS) is 17.2. The van der Waals surface area contributed by atoms with E-state index in [0.29, 0.717) is 11.9 Å². The molecule has 0 atom stereocenters. The van der Waals surface area contributed by atoms with Crippen molar-refractivity contribution < 1.29 is 9.90 Å². The monoisotopic (exact) mass is 341 g/mol. The van der Waals surface area contributed by atoms with Crippen molar-refractivity contribution in [2.24, 2.45) is 0 Å². The molecule has 25 heavy (non-hydrogen) atoms. The van der Waals surface area contributed by atoms with Crippen LogP contribution in [0.3, 0.4) is 0 Å². The number of carbonyl (C=O) groups excluding carboxylic acids is 1. The number of H-pyrrole nitrogens is 1. The van der Waals surface area contributed by atoms with E-state index in [1.807, 2.05) is 0 Å². The summed E-state index contributed by atoms with van der Waals surface area (Å²) in [7, 11) is 0. The minimum atomic E-state index is -0.368. The van der Waals surface area contributed by atoms with E-state index in [4.69, 9.17) is 0 Å². The molecule has 7 heteroatoms. The van der Waals surface area contributed by atoms with Crippen LogP contribution >= 0.6 is 0 Å². The summed E-state index contributed by atoms with van der Waals surface area (Å²) in [5.74, 6) is 0.577. The lowest BCUT2D eigenvalue weighted by Crippen LogP contribution is -2.30. The van der Waals surface area contributed by atoms with Crippen LogP contribution in [0.25, 0.3) is 0 Å². The van der Waals surface area contributed by atoms with Crippen LogP contribution in [-0.4, -0.2) is 39.3 Å². The van der Waals surface area contributed by atoms with Crippen LogP contribution in [0, 0.1) is 0 Å². The van der Waals surface area contributed by atoms with E-state index in [1.165, 1.54) is 6.42 Å². The maximum absolute atomic E-state index is 12.5. The van der Waals surface area contributed by atoms with Gasteiger partial charge in [0.05, 0.1) is 5.56 Å². The maximum atomic E-state index is 12.5. The number of amides is 1. The van der Waals surface area contributed by atoms with Crippen molar-refractivity contribution in [1.82, 2.24) is 15.2 Å². The topological polar surface area (TPSA) is 94.1 Å². The van der Waals surface area contributed by atoms with E-state index in [9.17, 15) is 9.90 Å². The number of hydrogen-bond donors (Lipinski definition) is 3. The van der Waals surface area contributed by atoms with Crippen molar-refractivity contribution in [3.63, 3.8) is 0 Å². The number of nitrogens with zero attached hydrogens (tertiary/aromatic N) is 3. The Morgan fingerprint density at radius 1 is 1.08 bits per heavy atom. The lowest BCUT2D eigenvalue weighted by molar-refractivity contribution is 0.102. The number of aromatic hydroxyl groups is 1. The molecule has 2 aromatic rings. The third-order valence-corrected chi connectivity index (χ3v) is 5.05. The van der Waals surface area contributed by atoms with E-state index in [2.05, 4.69) is 25.4 Å². The molecule has 1 aromatic heterocycles. The van der Waals surface area contributed by atoms with Gasteiger partial charge in [0.1, 0.15) is 5.75 Å². The summed E-state index contributed by atoms with van der Waals surface area (Å²) in [5, 5.41) is 19.9. The summed E-state index contributed by atoms with van der Waals surface area (Å²) < 4.78 is 0. The van der Waals surface area contributed by atoms with Crippen molar-refractivity contribution in [1.29, 1.82) is 0 Å². The number of rotatable bonds is 3. The first-order valence-corrected chi connectivity index (χ1v) is 9.04. The summed E-state index contributed by atoms with van der Waals surface area (Å²) in [6.07, 6.45) is 7.69. The average molecular weight is 341 g/mol. The fourth-order valence-electron chi connectivity index (χ4n) is 3.67.